The fourth-order valence-electron chi connectivity index (χ4n) is 2.01. The maximum Gasteiger partial charge on any atom is 0.326 e. The number of nitrogens with zero attached hydrogens (tertiary/aromatic N) is 1. The van der Waals surface area contributed by atoms with E-state index in [1.165, 1.54) is 0 Å². The van der Waals surface area contributed by atoms with E-state index in [0.717, 1.165) is 13.1 Å². The molecule has 0 aromatic carbocycles. The number of hydrogen-bond acceptors (Lipinski definition) is 4. The van der Waals surface area contributed by atoms with Gasteiger partial charge in [-0.25, -0.2) is 9.59 Å². The average molecular weight is 300 g/mol. The van der Waals surface area contributed by atoms with Gasteiger partial charge in [0.1, 0.15) is 6.04 Å². The van der Waals surface area contributed by atoms with Crippen LogP contribution < -0.4 is 16.0 Å². The van der Waals surface area contributed by atoms with Gasteiger partial charge in [-0.2, -0.15) is 0 Å². The minimum Gasteiger partial charge on any atom is -0.480 e. The summed E-state index contributed by atoms with van der Waals surface area (Å²) < 4.78 is 0. The third-order valence-corrected chi connectivity index (χ3v) is 3.26. The number of aliphatic carboxylic acids is 1. The first-order valence-corrected chi connectivity index (χ1v) is 6.97. The Hall–Kier alpha value is -1.83. The summed E-state index contributed by atoms with van der Waals surface area (Å²) >= 11 is 0. The molecule has 1 rings (SSSR count). The predicted molar refractivity (Wildman–Crippen MR) is 76.9 cm³/mol. The molecule has 1 aliphatic heterocycles. The molecule has 1 atom stereocenters. The van der Waals surface area contributed by atoms with Crippen molar-refractivity contribution in [3.63, 3.8) is 0 Å². The largest absolute Gasteiger partial charge is 0.480 e. The SMILES string of the molecule is CC(C)(C)C(NC(=O)NCC(=O)N1CCNCC1)C(=O)O. The van der Waals surface area contributed by atoms with Crippen LogP contribution in [0, 0.1) is 5.41 Å². The summed E-state index contributed by atoms with van der Waals surface area (Å²) in [5.74, 6) is -1.28. The third kappa shape index (κ3) is 5.58. The lowest BCUT2D eigenvalue weighted by Crippen LogP contribution is -2.54. The Bertz CT molecular complexity index is 399. The van der Waals surface area contributed by atoms with Gasteiger partial charge in [-0.15, -0.1) is 0 Å². The van der Waals surface area contributed by atoms with Gasteiger partial charge in [0.05, 0.1) is 6.54 Å². The topological polar surface area (TPSA) is 111 Å². The number of carbonyl (C=O) groups is 3. The lowest BCUT2D eigenvalue weighted by Gasteiger charge is -2.29. The first-order chi connectivity index (χ1) is 9.71. The molecule has 1 unspecified atom stereocenters. The van der Waals surface area contributed by atoms with E-state index in [0.29, 0.717) is 13.1 Å². The first-order valence-electron chi connectivity index (χ1n) is 6.97. The van der Waals surface area contributed by atoms with Crippen LogP contribution in [0.25, 0.3) is 0 Å². The summed E-state index contributed by atoms with van der Waals surface area (Å²) in [5, 5.41) is 17.0. The number of amides is 3. The highest BCUT2D eigenvalue weighted by Gasteiger charge is 2.32. The van der Waals surface area contributed by atoms with E-state index in [9.17, 15) is 14.4 Å². The maximum atomic E-state index is 11.9. The molecule has 21 heavy (non-hydrogen) atoms. The highest BCUT2D eigenvalue weighted by molar-refractivity contribution is 5.87. The van der Waals surface area contributed by atoms with Gasteiger partial charge in [-0.1, -0.05) is 20.8 Å². The van der Waals surface area contributed by atoms with Crippen molar-refractivity contribution in [2.24, 2.45) is 5.41 Å². The number of carbonyl (C=O) groups excluding carboxylic acids is 2. The van der Waals surface area contributed by atoms with Gasteiger partial charge in [0.25, 0.3) is 0 Å². The van der Waals surface area contributed by atoms with Crippen molar-refractivity contribution < 1.29 is 19.5 Å². The second kappa shape index (κ2) is 7.26. The Morgan fingerprint density at radius 2 is 1.81 bits per heavy atom. The van der Waals surface area contributed by atoms with Crippen LogP contribution in [0.1, 0.15) is 20.8 Å². The molecule has 1 heterocycles. The summed E-state index contributed by atoms with van der Waals surface area (Å²) in [5.41, 5.74) is -0.619. The number of hydrogen-bond donors (Lipinski definition) is 4. The summed E-state index contributed by atoms with van der Waals surface area (Å²) in [4.78, 5) is 36.4. The molecule has 0 bridgehead atoms. The van der Waals surface area contributed by atoms with Crippen molar-refractivity contribution in [1.82, 2.24) is 20.9 Å². The second-order valence-electron chi connectivity index (χ2n) is 6.10. The summed E-state index contributed by atoms with van der Waals surface area (Å²) in [6.07, 6.45) is 0. The maximum absolute atomic E-state index is 11.9. The fourth-order valence-corrected chi connectivity index (χ4v) is 2.01. The van der Waals surface area contributed by atoms with Crippen molar-refractivity contribution in [2.75, 3.05) is 32.7 Å². The Kier molecular flexibility index (Phi) is 5.95. The molecule has 0 radical (unpaired) electrons. The lowest BCUT2D eigenvalue weighted by molar-refractivity contribution is -0.141. The molecule has 0 spiro atoms. The molecule has 4 N–H and O–H groups in total. The molecular formula is C13H24N4O4. The van der Waals surface area contributed by atoms with Crippen LogP contribution >= 0.6 is 0 Å². The van der Waals surface area contributed by atoms with Gasteiger partial charge in [0, 0.05) is 26.2 Å². The molecule has 120 valence electrons. The number of piperazine rings is 1. The predicted octanol–water partition coefficient (Wildman–Crippen LogP) is -0.783. The van der Waals surface area contributed by atoms with Crippen LogP contribution in [0.2, 0.25) is 0 Å². The van der Waals surface area contributed by atoms with Crippen LogP contribution in [0.3, 0.4) is 0 Å². The van der Waals surface area contributed by atoms with Crippen LogP contribution in [0.5, 0.6) is 0 Å². The highest BCUT2D eigenvalue weighted by Crippen LogP contribution is 2.19. The van der Waals surface area contributed by atoms with Crippen LogP contribution in [0.15, 0.2) is 0 Å². The van der Waals surface area contributed by atoms with Gasteiger partial charge in [0.2, 0.25) is 5.91 Å². The molecule has 1 fully saturated rings. The molecule has 0 aromatic rings. The van der Waals surface area contributed by atoms with E-state index >= 15 is 0 Å². The van der Waals surface area contributed by atoms with Gasteiger partial charge in [0.15, 0.2) is 0 Å². The fraction of sp³-hybridized carbons (Fsp3) is 0.769. The van der Waals surface area contributed by atoms with Crippen LogP contribution in [-0.2, 0) is 9.59 Å². The highest BCUT2D eigenvalue weighted by atomic mass is 16.4. The molecule has 8 nitrogen and oxygen atoms in total. The van der Waals surface area contributed by atoms with E-state index in [2.05, 4.69) is 16.0 Å². The van der Waals surface area contributed by atoms with Crippen LogP contribution in [0.4, 0.5) is 4.79 Å². The Morgan fingerprint density at radius 1 is 1.24 bits per heavy atom. The lowest BCUT2D eigenvalue weighted by atomic mass is 9.87. The Balaban J connectivity index is 2.42. The van der Waals surface area contributed by atoms with Crippen molar-refractivity contribution in [2.45, 2.75) is 26.8 Å². The van der Waals surface area contributed by atoms with Crippen molar-refractivity contribution >= 4 is 17.9 Å². The quantitative estimate of drug-likeness (QED) is 0.544. The molecular weight excluding hydrogens is 276 g/mol. The van der Waals surface area contributed by atoms with Gasteiger partial charge in [-0.3, -0.25) is 4.79 Å². The van der Waals surface area contributed by atoms with E-state index in [1.807, 2.05) is 0 Å². The molecule has 1 aliphatic rings. The second-order valence-corrected chi connectivity index (χ2v) is 6.10. The standard InChI is InChI=1S/C13H24N4O4/c1-13(2,3)10(11(19)20)16-12(21)15-8-9(18)17-6-4-14-5-7-17/h10,14H,4-8H2,1-3H3,(H,19,20)(H2,15,16,21). The normalized spacial score (nSPS) is 17.0. The van der Waals surface area contributed by atoms with Gasteiger partial charge in [-0.05, 0) is 5.41 Å². The third-order valence-electron chi connectivity index (χ3n) is 3.26. The zero-order valence-corrected chi connectivity index (χ0v) is 12.7. The molecule has 0 aliphatic carbocycles. The minimum absolute atomic E-state index is 0.137. The summed E-state index contributed by atoms with van der Waals surface area (Å²) in [6.45, 7) is 7.73. The smallest absolute Gasteiger partial charge is 0.326 e. The van der Waals surface area contributed by atoms with Gasteiger partial charge < -0.3 is 26.0 Å². The number of rotatable bonds is 4. The Labute approximate surface area is 124 Å². The molecule has 1 saturated heterocycles. The van der Waals surface area contributed by atoms with E-state index in [-0.39, 0.29) is 12.5 Å². The van der Waals surface area contributed by atoms with Crippen molar-refractivity contribution in [3.05, 3.63) is 0 Å². The first kappa shape index (κ1) is 17.2. The zero-order valence-electron chi connectivity index (χ0n) is 12.7. The number of nitrogens with one attached hydrogen (secondary N) is 3. The number of urea groups is 1. The van der Waals surface area contributed by atoms with E-state index < -0.39 is 23.5 Å². The van der Waals surface area contributed by atoms with Crippen molar-refractivity contribution in [1.29, 1.82) is 0 Å². The number of carboxylic acid groups (broad SMARTS) is 1. The van der Waals surface area contributed by atoms with E-state index in [1.54, 1.807) is 25.7 Å². The molecule has 0 aromatic heterocycles. The minimum atomic E-state index is -1.11. The van der Waals surface area contributed by atoms with Crippen molar-refractivity contribution in [3.8, 4) is 0 Å². The monoisotopic (exact) mass is 300 g/mol. The van der Waals surface area contributed by atoms with Crippen LogP contribution in [-0.4, -0.2) is 66.7 Å². The summed E-state index contributed by atoms with van der Waals surface area (Å²) in [7, 11) is 0. The van der Waals surface area contributed by atoms with E-state index in [4.69, 9.17) is 5.11 Å². The average Bonchev–Trinajstić information content (AvgIpc) is 2.41. The molecule has 8 heteroatoms. The molecule has 3 amide bonds. The van der Waals surface area contributed by atoms with Gasteiger partial charge >= 0.3 is 12.0 Å². The molecule has 0 saturated carbocycles. The summed E-state index contributed by atoms with van der Waals surface area (Å²) in [6, 6.07) is -1.67. The zero-order chi connectivity index (χ0) is 16.0. The number of carboxylic acids is 1. The Morgan fingerprint density at radius 3 is 2.29 bits per heavy atom.